The van der Waals surface area contributed by atoms with Gasteiger partial charge in [-0.15, -0.1) is 0 Å². The molecule has 0 aliphatic carbocycles. The number of benzene rings is 7. The molecular weight excluding hydrogens is 496 g/mol. The molecule has 0 saturated carbocycles. The van der Waals surface area contributed by atoms with E-state index in [9.17, 15) is 0 Å². The molecule has 1 N–H and O–H groups in total. The summed E-state index contributed by atoms with van der Waals surface area (Å²) in [6.07, 6.45) is 6.87. The molecule has 0 fully saturated rings. The van der Waals surface area contributed by atoms with Crippen molar-refractivity contribution in [2.75, 3.05) is 5.01 Å². The van der Waals surface area contributed by atoms with E-state index in [2.05, 4.69) is 168 Å². The summed E-state index contributed by atoms with van der Waals surface area (Å²) in [6, 6.07) is 50.0. The van der Waals surface area contributed by atoms with E-state index in [1.54, 1.807) is 0 Å². The van der Waals surface area contributed by atoms with Gasteiger partial charge in [0.15, 0.2) is 0 Å². The summed E-state index contributed by atoms with van der Waals surface area (Å²) in [5.74, 6) is 0. The number of hydrogen-bond acceptors (Lipinski definition) is 2. The van der Waals surface area contributed by atoms with Crippen molar-refractivity contribution in [3.8, 4) is 0 Å². The maximum Gasteiger partial charge on any atom is 0.0970 e. The highest BCUT2D eigenvalue weighted by Crippen LogP contribution is 2.40. The molecule has 8 rings (SSSR count). The summed E-state index contributed by atoms with van der Waals surface area (Å²) < 4.78 is 0. The van der Waals surface area contributed by atoms with Gasteiger partial charge in [-0.25, -0.2) is 0 Å². The van der Waals surface area contributed by atoms with Crippen LogP contribution in [-0.2, 0) is 0 Å². The molecule has 1 unspecified atom stereocenters. The Kier molecular flexibility index (Phi) is 5.56. The number of rotatable bonds is 4. The maximum absolute atomic E-state index is 3.76. The maximum atomic E-state index is 3.76. The lowest BCUT2D eigenvalue weighted by molar-refractivity contribution is 0.716. The highest BCUT2D eigenvalue weighted by molar-refractivity contribution is 6.07. The largest absolute Gasteiger partial charge is 0.298 e. The van der Waals surface area contributed by atoms with Crippen LogP contribution in [0.1, 0.15) is 17.2 Å². The van der Waals surface area contributed by atoms with Crippen LogP contribution in [-0.4, -0.2) is 0 Å². The van der Waals surface area contributed by atoms with Crippen molar-refractivity contribution in [3.05, 3.63) is 169 Å². The van der Waals surface area contributed by atoms with Gasteiger partial charge in [-0.3, -0.25) is 10.4 Å². The molecular formula is C39H28N2. The summed E-state index contributed by atoms with van der Waals surface area (Å²) in [4.78, 5) is 0. The Morgan fingerprint density at radius 1 is 0.488 bits per heavy atom. The van der Waals surface area contributed by atoms with Crippen molar-refractivity contribution < 1.29 is 0 Å². The van der Waals surface area contributed by atoms with Crippen molar-refractivity contribution in [3.63, 3.8) is 0 Å². The predicted octanol–water partition coefficient (Wildman–Crippen LogP) is 9.96. The molecule has 0 aromatic heterocycles. The molecule has 0 spiro atoms. The SMILES string of the molecule is C(=Cc1c2ccccc2cc2ccccc12)C1=CC(c2c3ccccc3cc3ccccc23)N(c2ccccc2)N1. The number of hydrogen-bond donors (Lipinski definition) is 1. The molecule has 0 amide bonds. The lowest BCUT2D eigenvalue weighted by atomic mass is 9.91. The van der Waals surface area contributed by atoms with Crippen molar-refractivity contribution in [2.24, 2.45) is 0 Å². The van der Waals surface area contributed by atoms with E-state index in [0.717, 1.165) is 11.4 Å². The Balaban J connectivity index is 1.32. The third-order valence-corrected chi connectivity index (χ3v) is 8.25. The number of fused-ring (bicyclic) bond motifs is 4. The van der Waals surface area contributed by atoms with Gasteiger partial charge in [-0.2, -0.15) is 0 Å². The van der Waals surface area contributed by atoms with Crippen LogP contribution in [0, 0.1) is 0 Å². The fourth-order valence-electron chi connectivity index (χ4n) is 6.38. The zero-order chi connectivity index (χ0) is 27.2. The summed E-state index contributed by atoms with van der Waals surface area (Å²) in [5, 5.41) is 12.4. The Hall–Kier alpha value is -5.34. The minimum Gasteiger partial charge on any atom is -0.298 e. The first kappa shape index (κ1) is 23.5. The number of para-hydroxylation sites is 1. The number of nitrogens with one attached hydrogen (secondary N) is 1. The Bertz CT molecular complexity index is 2030. The monoisotopic (exact) mass is 524 g/mol. The van der Waals surface area contributed by atoms with E-state index >= 15 is 0 Å². The van der Waals surface area contributed by atoms with Gasteiger partial charge in [-0.1, -0.05) is 121 Å². The first-order valence-corrected chi connectivity index (χ1v) is 14.2. The molecule has 1 aliphatic heterocycles. The minimum atomic E-state index is 0.0114. The van der Waals surface area contributed by atoms with E-state index in [1.165, 1.54) is 54.2 Å². The Labute approximate surface area is 239 Å². The van der Waals surface area contributed by atoms with Crippen LogP contribution in [0.25, 0.3) is 49.2 Å². The van der Waals surface area contributed by atoms with Gasteiger partial charge in [0.25, 0.3) is 0 Å². The van der Waals surface area contributed by atoms with Crippen molar-refractivity contribution in [2.45, 2.75) is 6.04 Å². The summed E-state index contributed by atoms with van der Waals surface area (Å²) in [5.41, 5.74) is 8.52. The van der Waals surface area contributed by atoms with Gasteiger partial charge >= 0.3 is 0 Å². The van der Waals surface area contributed by atoms with Crippen molar-refractivity contribution >= 4 is 54.9 Å². The van der Waals surface area contributed by atoms with Crippen molar-refractivity contribution in [1.29, 1.82) is 0 Å². The van der Waals surface area contributed by atoms with E-state index in [1.807, 2.05) is 0 Å². The fraction of sp³-hybridized carbons (Fsp3) is 0.0256. The van der Waals surface area contributed by atoms with E-state index in [0.29, 0.717) is 0 Å². The van der Waals surface area contributed by atoms with Crippen LogP contribution in [0.5, 0.6) is 0 Å². The summed E-state index contributed by atoms with van der Waals surface area (Å²) in [7, 11) is 0. The van der Waals surface area contributed by atoms with Gasteiger partial charge in [0.05, 0.1) is 17.4 Å². The van der Waals surface area contributed by atoms with Gasteiger partial charge in [-0.05, 0) is 90.6 Å². The van der Waals surface area contributed by atoms with E-state index in [4.69, 9.17) is 0 Å². The standard InChI is InChI=1S/C39H28N2/c1-2-16-32(17-3-1)41-38(39-35-20-10-6-14-29(35)25-30-15-7-11-21-36(30)39)26-31(40-41)22-23-37-33-18-8-4-12-27(33)24-28-13-5-9-19-34(28)37/h1-26,38,40H. The summed E-state index contributed by atoms with van der Waals surface area (Å²) in [6.45, 7) is 0. The zero-order valence-corrected chi connectivity index (χ0v) is 22.5. The topological polar surface area (TPSA) is 15.3 Å². The summed E-state index contributed by atoms with van der Waals surface area (Å²) >= 11 is 0. The highest BCUT2D eigenvalue weighted by atomic mass is 15.5. The molecule has 194 valence electrons. The Morgan fingerprint density at radius 2 is 0.951 bits per heavy atom. The fourth-order valence-corrected chi connectivity index (χ4v) is 6.38. The van der Waals surface area contributed by atoms with Crippen LogP contribution in [0.3, 0.4) is 0 Å². The quantitative estimate of drug-likeness (QED) is 0.231. The Morgan fingerprint density at radius 3 is 1.51 bits per heavy atom. The number of hydrazine groups is 1. The van der Waals surface area contributed by atoms with Crippen LogP contribution >= 0.6 is 0 Å². The molecule has 7 aromatic rings. The molecule has 7 aromatic carbocycles. The zero-order valence-electron chi connectivity index (χ0n) is 22.5. The average molecular weight is 525 g/mol. The second-order valence-corrected chi connectivity index (χ2v) is 10.7. The number of anilines is 1. The molecule has 0 bridgehead atoms. The van der Waals surface area contributed by atoms with Gasteiger partial charge in [0, 0.05) is 0 Å². The highest BCUT2D eigenvalue weighted by Gasteiger charge is 2.28. The molecule has 1 atom stereocenters. The molecule has 0 saturated heterocycles. The first-order valence-electron chi connectivity index (χ1n) is 14.2. The molecule has 2 heteroatoms. The average Bonchev–Trinajstić information content (AvgIpc) is 3.46. The minimum absolute atomic E-state index is 0.0114. The number of allylic oxidation sites excluding steroid dienone is 1. The van der Waals surface area contributed by atoms with Gasteiger partial charge in [0.1, 0.15) is 0 Å². The van der Waals surface area contributed by atoms with Crippen LogP contribution in [0.4, 0.5) is 5.69 Å². The molecule has 0 radical (unpaired) electrons. The molecule has 1 aliphatic rings. The smallest absolute Gasteiger partial charge is 0.0970 e. The lowest BCUT2D eigenvalue weighted by Gasteiger charge is -2.29. The van der Waals surface area contributed by atoms with E-state index < -0.39 is 0 Å². The molecule has 2 nitrogen and oxygen atoms in total. The third-order valence-electron chi connectivity index (χ3n) is 8.25. The lowest BCUT2D eigenvalue weighted by Crippen LogP contribution is -2.34. The first-order chi connectivity index (χ1) is 20.3. The molecule has 41 heavy (non-hydrogen) atoms. The molecule has 1 heterocycles. The van der Waals surface area contributed by atoms with Crippen LogP contribution < -0.4 is 10.4 Å². The van der Waals surface area contributed by atoms with Gasteiger partial charge < -0.3 is 0 Å². The van der Waals surface area contributed by atoms with Crippen LogP contribution in [0.15, 0.2) is 157 Å². The second kappa shape index (κ2) is 9.69. The van der Waals surface area contributed by atoms with Gasteiger partial charge in [0.2, 0.25) is 0 Å². The third kappa shape index (κ3) is 4.04. The second-order valence-electron chi connectivity index (χ2n) is 10.7. The predicted molar refractivity (Wildman–Crippen MR) is 175 cm³/mol. The van der Waals surface area contributed by atoms with Crippen molar-refractivity contribution in [1.82, 2.24) is 5.43 Å². The van der Waals surface area contributed by atoms with E-state index in [-0.39, 0.29) is 6.04 Å². The number of nitrogens with zero attached hydrogens (tertiary/aromatic N) is 1. The normalized spacial score (nSPS) is 15.3. The van der Waals surface area contributed by atoms with Crippen LogP contribution in [0.2, 0.25) is 0 Å².